The lowest BCUT2D eigenvalue weighted by molar-refractivity contribution is -0.384. The van der Waals surface area contributed by atoms with Gasteiger partial charge < -0.3 is 0 Å². The summed E-state index contributed by atoms with van der Waals surface area (Å²) in [5.74, 6) is -0.565. The Bertz CT molecular complexity index is 739. The minimum Gasteiger partial charge on any atom is -0.296 e. The van der Waals surface area contributed by atoms with Gasteiger partial charge in [-0.3, -0.25) is 20.2 Å². The number of nitro benzene ring substituents is 1. The minimum atomic E-state index is -0.588. The largest absolute Gasteiger partial charge is 0.296 e. The Morgan fingerprint density at radius 1 is 1.36 bits per heavy atom. The van der Waals surface area contributed by atoms with Gasteiger partial charge >= 0.3 is 0 Å². The van der Waals surface area contributed by atoms with E-state index in [0.29, 0.717) is 5.13 Å². The minimum absolute atomic E-state index is 0.0170. The number of hydrogen-bond donors (Lipinski definition) is 1. The highest BCUT2D eigenvalue weighted by Crippen LogP contribution is 2.29. The first-order chi connectivity index (χ1) is 10.2. The van der Waals surface area contributed by atoms with E-state index in [4.69, 9.17) is 11.6 Å². The zero-order valence-corrected chi connectivity index (χ0v) is 13.7. The molecule has 0 radical (unpaired) electrons. The number of carbonyl (C=O) groups is 1. The maximum Gasteiger partial charge on any atom is 0.270 e. The van der Waals surface area contributed by atoms with Crippen molar-refractivity contribution in [2.45, 2.75) is 26.2 Å². The average Bonchev–Trinajstić information content (AvgIpc) is 2.87. The van der Waals surface area contributed by atoms with Crippen molar-refractivity contribution in [2.75, 3.05) is 5.32 Å². The van der Waals surface area contributed by atoms with E-state index >= 15 is 0 Å². The van der Waals surface area contributed by atoms with Crippen LogP contribution in [0.4, 0.5) is 10.8 Å². The number of nitrogens with zero attached hydrogens (tertiary/aromatic N) is 3. The van der Waals surface area contributed by atoms with Crippen molar-refractivity contribution in [1.82, 2.24) is 10.2 Å². The lowest BCUT2D eigenvalue weighted by Crippen LogP contribution is -2.12. The van der Waals surface area contributed by atoms with Gasteiger partial charge in [0.25, 0.3) is 11.6 Å². The third-order valence-electron chi connectivity index (χ3n) is 2.69. The van der Waals surface area contributed by atoms with E-state index in [1.54, 1.807) is 0 Å². The van der Waals surface area contributed by atoms with Gasteiger partial charge in [-0.15, -0.1) is 10.2 Å². The van der Waals surface area contributed by atoms with Gasteiger partial charge in [0.15, 0.2) is 0 Å². The van der Waals surface area contributed by atoms with Crippen LogP contribution in [-0.4, -0.2) is 21.0 Å². The number of carbonyl (C=O) groups excluding carboxylic acids is 1. The van der Waals surface area contributed by atoms with Crippen LogP contribution in [0.3, 0.4) is 0 Å². The van der Waals surface area contributed by atoms with Crippen molar-refractivity contribution in [3.63, 3.8) is 0 Å². The molecule has 1 aromatic heterocycles. The van der Waals surface area contributed by atoms with E-state index < -0.39 is 10.8 Å². The second-order valence-electron chi connectivity index (χ2n) is 5.54. The van der Waals surface area contributed by atoms with E-state index in [0.717, 1.165) is 11.1 Å². The molecule has 0 spiro atoms. The van der Waals surface area contributed by atoms with E-state index in [-0.39, 0.29) is 21.7 Å². The van der Waals surface area contributed by atoms with E-state index in [9.17, 15) is 14.9 Å². The van der Waals surface area contributed by atoms with Crippen LogP contribution in [0.2, 0.25) is 5.02 Å². The molecule has 22 heavy (non-hydrogen) atoms. The predicted octanol–water partition coefficient (Wildman–Crippen LogP) is 3.65. The number of nitrogens with one attached hydrogen (secondary N) is 1. The SMILES string of the molecule is CC(C)(C)c1nnc(NC(=O)c2cc([N+](=O)[O-])ccc2Cl)s1. The molecular formula is C13H13ClN4O3S. The van der Waals surface area contributed by atoms with Crippen molar-refractivity contribution >= 4 is 39.7 Å². The number of benzene rings is 1. The Kier molecular flexibility index (Phi) is 4.43. The molecule has 2 aromatic rings. The highest BCUT2D eigenvalue weighted by Gasteiger charge is 2.21. The van der Waals surface area contributed by atoms with Crippen LogP contribution in [0.1, 0.15) is 36.1 Å². The van der Waals surface area contributed by atoms with E-state index in [2.05, 4.69) is 15.5 Å². The fourth-order valence-electron chi connectivity index (χ4n) is 1.54. The maximum atomic E-state index is 12.2. The van der Waals surface area contributed by atoms with Gasteiger partial charge in [-0.05, 0) is 6.07 Å². The molecule has 1 amide bonds. The summed E-state index contributed by atoms with van der Waals surface area (Å²) >= 11 is 7.17. The summed E-state index contributed by atoms with van der Waals surface area (Å²) in [7, 11) is 0. The number of amides is 1. The molecule has 0 aliphatic carbocycles. The topological polar surface area (TPSA) is 98.0 Å². The molecule has 2 rings (SSSR count). The van der Waals surface area contributed by atoms with Gasteiger partial charge in [0.2, 0.25) is 5.13 Å². The molecule has 9 heteroatoms. The van der Waals surface area contributed by atoms with E-state index in [1.165, 1.54) is 23.5 Å². The molecule has 1 heterocycles. The van der Waals surface area contributed by atoms with E-state index in [1.807, 2.05) is 20.8 Å². The normalized spacial score (nSPS) is 11.3. The molecule has 116 valence electrons. The van der Waals surface area contributed by atoms with Crippen molar-refractivity contribution in [2.24, 2.45) is 0 Å². The van der Waals surface area contributed by atoms with Crippen molar-refractivity contribution in [1.29, 1.82) is 0 Å². The van der Waals surface area contributed by atoms with Crippen LogP contribution < -0.4 is 5.32 Å². The molecule has 0 saturated heterocycles. The fourth-order valence-corrected chi connectivity index (χ4v) is 2.54. The van der Waals surface area contributed by atoms with Gasteiger partial charge in [-0.1, -0.05) is 43.7 Å². The summed E-state index contributed by atoms with van der Waals surface area (Å²) < 4.78 is 0. The van der Waals surface area contributed by atoms with Crippen LogP contribution >= 0.6 is 22.9 Å². The Morgan fingerprint density at radius 2 is 2.05 bits per heavy atom. The van der Waals surface area contributed by atoms with Crippen LogP contribution in [-0.2, 0) is 5.41 Å². The maximum absolute atomic E-state index is 12.2. The Balaban J connectivity index is 2.24. The molecule has 1 N–H and O–H groups in total. The summed E-state index contributed by atoms with van der Waals surface area (Å²) in [5, 5.41) is 22.5. The number of aromatic nitrogens is 2. The molecule has 0 unspecified atom stereocenters. The van der Waals surface area contributed by atoms with Gasteiger partial charge in [-0.2, -0.15) is 0 Å². The molecular weight excluding hydrogens is 328 g/mol. The highest BCUT2D eigenvalue weighted by atomic mass is 35.5. The summed E-state index contributed by atoms with van der Waals surface area (Å²) in [4.78, 5) is 22.4. The number of rotatable bonds is 3. The van der Waals surface area contributed by atoms with Crippen LogP contribution in [0.5, 0.6) is 0 Å². The van der Waals surface area contributed by atoms with Crippen molar-refractivity contribution in [3.8, 4) is 0 Å². The molecule has 0 atom stereocenters. The summed E-state index contributed by atoms with van der Waals surface area (Å²) in [5.41, 5.74) is -0.366. The molecule has 0 saturated carbocycles. The van der Waals surface area contributed by atoms with Crippen LogP contribution in [0.15, 0.2) is 18.2 Å². The van der Waals surface area contributed by atoms with Gasteiger partial charge in [-0.25, -0.2) is 0 Å². The predicted molar refractivity (Wildman–Crippen MR) is 84.7 cm³/mol. The van der Waals surface area contributed by atoms with Crippen molar-refractivity contribution < 1.29 is 9.72 Å². The summed E-state index contributed by atoms with van der Waals surface area (Å²) in [6, 6.07) is 3.68. The second-order valence-corrected chi connectivity index (χ2v) is 6.92. The molecule has 0 aliphatic rings. The Hall–Kier alpha value is -2.06. The Labute approximate surface area is 135 Å². The number of hydrogen-bond acceptors (Lipinski definition) is 6. The number of non-ortho nitro benzene ring substituents is 1. The highest BCUT2D eigenvalue weighted by molar-refractivity contribution is 7.15. The first kappa shape index (κ1) is 16.3. The standard InChI is InChI=1S/C13H13ClN4O3S/c1-13(2,3)11-16-17-12(22-11)15-10(19)8-6-7(18(20)21)4-5-9(8)14/h4-6H,1-3H3,(H,15,17,19). The van der Waals surface area contributed by atoms with Gasteiger partial charge in [0.1, 0.15) is 5.01 Å². The lowest BCUT2D eigenvalue weighted by atomic mass is 9.98. The average molecular weight is 341 g/mol. The Morgan fingerprint density at radius 3 is 2.59 bits per heavy atom. The molecule has 0 aliphatic heterocycles. The molecule has 7 nitrogen and oxygen atoms in total. The number of halogens is 1. The molecule has 0 fully saturated rings. The number of nitro groups is 1. The van der Waals surface area contributed by atoms with Crippen molar-refractivity contribution in [3.05, 3.63) is 43.9 Å². The quantitative estimate of drug-likeness (QED) is 0.679. The zero-order valence-electron chi connectivity index (χ0n) is 12.1. The fraction of sp³-hybridized carbons (Fsp3) is 0.308. The molecule has 0 bridgehead atoms. The zero-order chi connectivity index (χ0) is 16.5. The van der Waals surface area contributed by atoms with Gasteiger partial charge in [0, 0.05) is 17.5 Å². The first-order valence-electron chi connectivity index (χ1n) is 6.28. The second kappa shape index (κ2) is 5.98. The van der Waals surface area contributed by atoms with Gasteiger partial charge in [0.05, 0.1) is 15.5 Å². The summed E-state index contributed by atoms with van der Waals surface area (Å²) in [6.07, 6.45) is 0. The third kappa shape index (κ3) is 3.58. The first-order valence-corrected chi connectivity index (χ1v) is 7.47. The van der Waals surface area contributed by atoms with Crippen LogP contribution in [0.25, 0.3) is 0 Å². The third-order valence-corrected chi connectivity index (χ3v) is 4.29. The molecule has 1 aromatic carbocycles. The smallest absolute Gasteiger partial charge is 0.270 e. The lowest BCUT2D eigenvalue weighted by Gasteiger charge is -2.12. The van der Waals surface area contributed by atoms with Crippen LogP contribution in [0, 0.1) is 10.1 Å². The number of anilines is 1. The monoisotopic (exact) mass is 340 g/mol. The summed E-state index contributed by atoms with van der Waals surface area (Å²) in [6.45, 7) is 5.95.